The van der Waals surface area contributed by atoms with Gasteiger partial charge in [0.25, 0.3) is 0 Å². The molecule has 0 heterocycles. The Morgan fingerprint density at radius 2 is 1.75 bits per heavy atom. The van der Waals surface area contributed by atoms with E-state index in [0.717, 1.165) is 32.1 Å². The minimum atomic E-state index is -0.376. The van der Waals surface area contributed by atoms with Gasteiger partial charge in [-0.25, -0.2) is 0 Å². The van der Waals surface area contributed by atoms with E-state index in [1.165, 1.54) is 0 Å². The summed E-state index contributed by atoms with van der Waals surface area (Å²) in [6.07, 6.45) is 5.40. The van der Waals surface area contributed by atoms with Gasteiger partial charge in [0.1, 0.15) is 12.6 Å². The van der Waals surface area contributed by atoms with Crippen molar-refractivity contribution in [1.82, 2.24) is 0 Å². The van der Waals surface area contributed by atoms with Crippen LogP contribution in [0.25, 0.3) is 0 Å². The van der Waals surface area contributed by atoms with Gasteiger partial charge in [-0.05, 0) is 55.3 Å². The lowest BCUT2D eigenvalue weighted by molar-refractivity contribution is -0.222. The Balaban J connectivity index is 2.20. The number of hydrogen-bond acceptors (Lipinski definition) is 4. The minimum absolute atomic E-state index is 0.00766. The Morgan fingerprint density at radius 1 is 1.11 bits per heavy atom. The smallest absolute Gasteiger partial charge is 0.146 e. The third kappa shape index (κ3) is 2.93. The lowest BCUT2D eigenvalue weighted by Gasteiger charge is -2.62. The number of ketones is 1. The van der Waals surface area contributed by atoms with E-state index in [-0.39, 0.29) is 47.1 Å². The highest BCUT2D eigenvalue weighted by molar-refractivity contribution is 5.87. The Labute approximate surface area is 172 Å². The van der Waals surface area contributed by atoms with E-state index >= 15 is 0 Å². The van der Waals surface area contributed by atoms with E-state index in [4.69, 9.17) is 14.2 Å². The molecule has 8 atom stereocenters. The summed E-state index contributed by atoms with van der Waals surface area (Å²) < 4.78 is 17.8. The van der Waals surface area contributed by atoms with Crippen LogP contribution in [-0.4, -0.2) is 39.0 Å². The molecule has 0 radical (unpaired) electrons. The standard InChI is InChI=1S/C24H42O4/c1-15(2)22(5)13-19(28-14-26-7)23(6)16(3)9-11-24(17(4)21(22)25)12-10-18(27-8)20(23)24/h15-20H,9-14H2,1-8H3/t16-,17+,18?,19?,20?,22+,23+,24?/m1/s1. The molecule has 0 saturated heterocycles. The van der Waals surface area contributed by atoms with Crippen LogP contribution in [-0.2, 0) is 19.0 Å². The van der Waals surface area contributed by atoms with E-state index in [2.05, 4.69) is 41.5 Å². The highest BCUT2D eigenvalue weighted by Crippen LogP contribution is 2.69. The van der Waals surface area contributed by atoms with Crippen LogP contribution in [0.15, 0.2) is 0 Å². The normalized spacial score (nSPS) is 49.0. The van der Waals surface area contributed by atoms with Crippen molar-refractivity contribution in [2.45, 2.75) is 85.9 Å². The van der Waals surface area contributed by atoms with Crippen molar-refractivity contribution in [3.05, 3.63) is 0 Å². The van der Waals surface area contributed by atoms with Gasteiger partial charge in [-0.1, -0.05) is 41.5 Å². The summed E-state index contributed by atoms with van der Waals surface area (Å²) in [5.41, 5.74) is -0.372. The van der Waals surface area contributed by atoms with E-state index in [1.807, 2.05) is 7.11 Å². The molecule has 3 rings (SSSR count). The van der Waals surface area contributed by atoms with Crippen molar-refractivity contribution in [2.75, 3.05) is 21.0 Å². The number of ether oxygens (including phenoxy) is 3. The Kier molecular flexibility index (Phi) is 6.09. The molecule has 0 aromatic heterocycles. The molecule has 162 valence electrons. The summed E-state index contributed by atoms with van der Waals surface area (Å²) in [7, 11) is 3.53. The highest BCUT2D eigenvalue weighted by atomic mass is 16.7. The fraction of sp³-hybridized carbons (Fsp3) is 0.958. The first-order valence-corrected chi connectivity index (χ1v) is 11.3. The highest BCUT2D eigenvalue weighted by Gasteiger charge is 2.68. The minimum Gasteiger partial charge on any atom is -0.381 e. The quantitative estimate of drug-likeness (QED) is 0.609. The summed E-state index contributed by atoms with van der Waals surface area (Å²) in [6, 6.07) is 0. The largest absolute Gasteiger partial charge is 0.381 e. The molecule has 28 heavy (non-hydrogen) atoms. The van der Waals surface area contributed by atoms with Crippen molar-refractivity contribution in [2.24, 2.45) is 39.9 Å². The van der Waals surface area contributed by atoms with Crippen LogP contribution >= 0.6 is 0 Å². The van der Waals surface area contributed by atoms with E-state index in [9.17, 15) is 4.79 Å². The van der Waals surface area contributed by atoms with Crippen molar-refractivity contribution >= 4 is 5.78 Å². The molecule has 4 unspecified atom stereocenters. The zero-order chi connectivity index (χ0) is 20.9. The summed E-state index contributed by atoms with van der Waals surface area (Å²) in [5, 5.41) is 0. The van der Waals surface area contributed by atoms with Crippen LogP contribution in [0.2, 0.25) is 0 Å². The molecular weight excluding hydrogens is 352 g/mol. The maximum Gasteiger partial charge on any atom is 0.146 e. The molecule has 3 fully saturated rings. The zero-order valence-corrected chi connectivity index (χ0v) is 19.3. The van der Waals surface area contributed by atoms with Crippen molar-refractivity contribution in [1.29, 1.82) is 0 Å². The van der Waals surface area contributed by atoms with Crippen LogP contribution in [0, 0.1) is 39.9 Å². The van der Waals surface area contributed by atoms with E-state index in [0.29, 0.717) is 17.6 Å². The third-order valence-corrected chi connectivity index (χ3v) is 9.75. The average Bonchev–Trinajstić information content (AvgIpc) is 3.06. The molecule has 0 spiro atoms. The monoisotopic (exact) mass is 394 g/mol. The van der Waals surface area contributed by atoms with Crippen LogP contribution < -0.4 is 0 Å². The van der Waals surface area contributed by atoms with Crippen LogP contribution in [0.4, 0.5) is 0 Å². The van der Waals surface area contributed by atoms with Gasteiger partial charge in [0.05, 0.1) is 12.2 Å². The first-order chi connectivity index (χ1) is 13.1. The lowest BCUT2D eigenvalue weighted by Crippen LogP contribution is -2.63. The molecule has 4 heteroatoms. The van der Waals surface area contributed by atoms with Gasteiger partial charge in [-0.15, -0.1) is 0 Å². The molecule has 2 bridgehead atoms. The maximum atomic E-state index is 14.0. The molecule has 0 aromatic rings. The van der Waals surface area contributed by atoms with Gasteiger partial charge in [0, 0.05) is 31.0 Å². The number of methoxy groups -OCH3 is 2. The topological polar surface area (TPSA) is 44.8 Å². The van der Waals surface area contributed by atoms with Crippen molar-refractivity contribution in [3.63, 3.8) is 0 Å². The second-order valence-electron chi connectivity index (χ2n) is 10.8. The molecule has 0 N–H and O–H groups in total. The van der Waals surface area contributed by atoms with Gasteiger partial charge in [-0.2, -0.15) is 0 Å². The van der Waals surface area contributed by atoms with Crippen LogP contribution in [0.3, 0.4) is 0 Å². The summed E-state index contributed by atoms with van der Waals surface area (Å²) >= 11 is 0. The summed E-state index contributed by atoms with van der Waals surface area (Å²) in [6.45, 7) is 13.9. The lowest BCUT2D eigenvalue weighted by atomic mass is 9.43. The SMILES string of the molecule is COCOC1C[C@@](C)(C(C)C)C(=O)[C@H](C)C23CCC(OC)C2[C@@]1(C)[C@H](C)CC3. The third-order valence-electron chi connectivity index (χ3n) is 9.75. The molecule has 3 aliphatic rings. The number of rotatable bonds is 5. The Hall–Kier alpha value is -0.450. The molecule has 0 aromatic carbocycles. The van der Waals surface area contributed by atoms with Crippen molar-refractivity contribution < 1.29 is 19.0 Å². The predicted molar refractivity (Wildman–Crippen MR) is 111 cm³/mol. The average molecular weight is 395 g/mol. The predicted octanol–water partition coefficient (Wildman–Crippen LogP) is 5.09. The van der Waals surface area contributed by atoms with Gasteiger partial charge in [0.2, 0.25) is 0 Å². The van der Waals surface area contributed by atoms with Gasteiger partial charge in [0.15, 0.2) is 0 Å². The van der Waals surface area contributed by atoms with Gasteiger partial charge in [-0.3, -0.25) is 4.79 Å². The fourth-order valence-electron chi connectivity index (χ4n) is 7.35. The molecule has 3 aliphatic carbocycles. The fourth-order valence-corrected chi connectivity index (χ4v) is 7.35. The Morgan fingerprint density at radius 3 is 2.32 bits per heavy atom. The number of Topliss-reactive ketones (excluding diaryl/α,β-unsaturated/α-hetero) is 1. The second kappa shape index (κ2) is 7.67. The molecule has 4 nitrogen and oxygen atoms in total. The van der Waals surface area contributed by atoms with Crippen LogP contribution in [0.5, 0.6) is 0 Å². The Bertz CT molecular complexity index is 589. The molecule has 0 amide bonds. The number of carbonyl (C=O) groups excluding carboxylic acids is 1. The number of carbonyl (C=O) groups is 1. The second-order valence-corrected chi connectivity index (χ2v) is 10.8. The maximum absolute atomic E-state index is 14.0. The summed E-state index contributed by atoms with van der Waals surface area (Å²) in [4.78, 5) is 14.0. The first kappa shape index (κ1) is 22.2. The van der Waals surface area contributed by atoms with E-state index < -0.39 is 0 Å². The molecule has 3 saturated carbocycles. The summed E-state index contributed by atoms with van der Waals surface area (Å²) in [5.74, 6) is 1.67. The van der Waals surface area contributed by atoms with Gasteiger partial charge < -0.3 is 14.2 Å². The van der Waals surface area contributed by atoms with Crippen LogP contribution in [0.1, 0.15) is 73.6 Å². The van der Waals surface area contributed by atoms with Gasteiger partial charge >= 0.3 is 0 Å². The van der Waals surface area contributed by atoms with E-state index in [1.54, 1.807) is 7.11 Å². The number of hydrogen-bond donors (Lipinski definition) is 0. The van der Waals surface area contributed by atoms with Crippen molar-refractivity contribution in [3.8, 4) is 0 Å². The zero-order valence-electron chi connectivity index (χ0n) is 19.3. The first-order valence-electron chi connectivity index (χ1n) is 11.3. The molecule has 0 aliphatic heterocycles. The molecular formula is C24H42O4.